The summed E-state index contributed by atoms with van der Waals surface area (Å²) in [5.74, 6) is -0.838. The number of aromatic nitrogens is 1. The molecule has 1 unspecified atom stereocenters. The van der Waals surface area contributed by atoms with Gasteiger partial charge >= 0.3 is 11.7 Å². The van der Waals surface area contributed by atoms with Crippen LogP contribution in [0.15, 0.2) is 27.4 Å². The lowest BCUT2D eigenvalue weighted by atomic mass is 10.1. The zero-order valence-electron chi connectivity index (χ0n) is 11.1. The van der Waals surface area contributed by atoms with Crippen LogP contribution >= 0.6 is 0 Å². The van der Waals surface area contributed by atoms with E-state index in [1.54, 1.807) is 44.1 Å². The molecule has 1 N–H and O–H groups in total. The van der Waals surface area contributed by atoms with E-state index >= 15 is 0 Å². The van der Waals surface area contributed by atoms with Gasteiger partial charge < -0.3 is 9.15 Å². The molecule has 2 aromatic rings. The number of H-pyrrole nitrogens is 1. The van der Waals surface area contributed by atoms with Crippen molar-refractivity contribution in [1.29, 1.82) is 0 Å². The third-order valence-electron chi connectivity index (χ3n) is 2.79. The molecule has 0 bridgehead atoms. The van der Waals surface area contributed by atoms with E-state index in [9.17, 15) is 9.59 Å². The van der Waals surface area contributed by atoms with Gasteiger partial charge in [-0.15, -0.1) is 0 Å². The zero-order chi connectivity index (χ0) is 14.0. The van der Waals surface area contributed by atoms with Crippen LogP contribution in [0.5, 0.6) is 0 Å². The van der Waals surface area contributed by atoms with E-state index in [1.165, 1.54) is 0 Å². The summed E-state index contributed by atoms with van der Waals surface area (Å²) in [6.45, 7) is 2.09. The molecule has 0 saturated heterocycles. The molecule has 1 heterocycles. The predicted octanol–water partition coefficient (Wildman–Crippen LogP) is 1.29. The van der Waals surface area contributed by atoms with Crippen molar-refractivity contribution in [3.63, 3.8) is 0 Å². The average molecular weight is 264 g/mol. The predicted molar refractivity (Wildman–Crippen MR) is 69.9 cm³/mol. The summed E-state index contributed by atoms with van der Waals surface area (Å²) in [7, 11) is 3.58. The van der Waals surface area contributed by atoms with E-state index in [1.807, 2.05) is 0 Å². The molecule has 0 radical (unpaired) electrons. The summed E-state index contributed by atoms with van der Waals surface area (Å²) in [4.78, 5) is 27.4. The number of nitrogens with zero attached hydrogens (tertiary/aromatic N) is 1. The number of esters is 1. The third-order valence-corrected chi connectivity index (χ3v) is 2.79. The van der Waals surface area contributed by atoms with Gasteiger partial charge in [-0.2, -0.15) is 0 Å². The van der Waals surface area contributed by atoms with E-state index in [4.69, 9.17) is 9.15 Å². The minimum absolute atomic E-state index is 0.324. The van der Waals surface area contributed by atoms with Crippen LogP contribution < -0.4 is 5.76 Å². The lowest BCUT2D eigenvalue weighted by Crippen LogP contribution is -2.29. The summed E-state index contributed by atoms with van der Waals surface area (Å²) in [6, 6.07) is 4.64. The molecule has 0 aliphatic carbocycles. The second-order valence-corrected chi connectivity index (χ2v) is 4.39. The molecule has 0 saturated carbocycles. The average Bonchev–Trinajstić information content (AvgIpc) is 2.68. The van der Waals surface area contributed by atoms with Crippen LogP contribution in [-0.2, 0) is 9.53 Å². The number of likely N-dealkylation sites (N-methyl/N-ethyl adjacent to an activating group) is 1. The number of hydrogen-bond acceptors (Lipinski definition) is 5. The number of benzene rings is 1. The molecule has 2 rings (SSSR count). The molecular formula is C13H16N2O4. The van der Waals surface area contributed by atoms with Crippen molar-refractivity contribution in [3.05, 3.63) is 34.3 Å². The Bertz CT molecular complexity index is 641. The minimum Gasteiger partial charge on any atom is -0.465 e. The lowest BCUT2D eigenvalue weighted by Gasteiger charge is -2.22. The molecule has 1 aromatic heterocycles. The van der Waals surface area contributed by atoms with Crippen molar-refractivity contribution in [2.24, 2.45) is 0 Å². The second-order valence-electron chi connectivity index (χ2n) is 4.39. The Labute approximate surface area is 110 Å². The van der Waals surface area contributed by atoms with Crippen LogP contribution in [0.25, 0.3) is 11.1 Å². The number of rotatable bonds is 4. The molecular weight excluding hydrogens is 248 g/mol. The molecule has 0 spiro atoms. The Hall–Kier alpha value is -2.08. The van der Waals surface area contributed by atoms with Crippen molar-refractivity contribution in [3.8, 4) is 0 Å². The summed E-state index contributed by atoms with van der Waals surface area (Å²) in [6.07, 6.45) is 0. The van der Waals surface area contributed by atoms with Gasteiger partial charge in [0.15, 0.2) is 5.58 Å². The Morgan fingerprint density at radius 1 is 1.47 bits per heavy atom. The highest BCUT2D eigenvalue weighted by Gasteiger charge is 2.24. The van der Waals surface area contributed by atoms with Gasteiger partial charge in [0.25, 0.3) is 0 Å². The van der Waals surface area contributed by atoms with Gasteiger partial charge in [-0.05, 0) is 38.7 Å². The smallest absolute Gasteiger partial charge is 0.417 e. The normalized spacial score (nSPS) is 12.8. The fraction of sp³-hybridized carbons (Fsp3) is 0.385. The van der Waals surface area contributed by atoms with Crippen LogP contribution in [0.3, 0.4) is 0 Å². The molecule has 0 aliphatic heterocycles. The zero-order valence-corrected chi connectivity index (χ0v) is 11.1. The summed E-state index contributed by atoms with van der Waals surface area (Å²) < 4.78 is 10.1. The number of hydrogen-bond donors (Lipinski definition) is 1. The van der Waals surface area contributed by atoms with Crippen molar-refractivity contribution in [2.75, 3.05) is 20.7 Å². The number of fused-ring (bicyclic) bond motifs is 1. The van der Waals surface area contributed by atoms with Crippen LogP contribution in [0.1, 0.15) is 18.5 Å². The van der Waals surface area contributed by atoms with Crippen LogP contribution in [-0.4, -0.2) is 36.6 Å². The monoisotopic (exact) mass is 264 g/mol. The second kappa shape index (κ2) is 5.27. The number of oxazole rings is 1. The van der Waals surface area contributed by atoms with Crippen LogP contribution in [0.4, 0.5) is 0 Å². The van der Waals surface area contributed by atoms with E-state index in [0.29, 0.717) is 17.7 Å². The SMILES string of the molecule is CCOC(=O)C(c1ccc2[nH]c(=O)oc2c1)N(C)C. The molecule has 0 fully saturated rings. The fourth-order valence-electron chi connectivity index (χ4n) is 2.00. The topological polar surface area (TPSA) is 75.5 Å². The molecule has 6 heteroatoms. The maximum atomic E-state index is 12.0. The number of aromatic amines is 1. The molecule has 0 amide bonds. The van der Waals surface area contributed by atoms with Gasteiger partial charge in [0.05, 0.1) is 12.1 Å². The third kappa shape index (κ3) is 2.68. The molecule has 19 heavy (non-hydrogen) atoms. The van der Waals surface area contributed by atoms with Gasteiger partial charge in [-0.3, -0.25) is 9.88 Å². The first-order chi connectivity index (χ1) is 9.02. The van der Waals surface area contributed by atoms with Crippen molar-refractivity contribution in [2.45, 2.75) is 13.0 Å². The number of ether oxygens (including phenoxy) is 1. The van der Waals surface area contributed by atoms with Gasteiger partial charge in [0.1, 0.15) is 6.04 Å². The Morgan fingerprint density at radius 3 is 2.84 bits per heavy atom. The standard InChI is InChI=1S/C13H16N2O4/c1-4-18-12(16)11(15(2)3)8-5-6-9-10(7-8)19-13(17)14-9/h5-7,11H,4H2,1-3H3,(H,14,17). The first kappa shape index (κ1) is 13.4. The maximum absolute atomic E-state index is 12.0. The van der Waals surface area contributed by atoms with Gasteiger partial charge in [0, 0.05) is 0 Å². The van der Waals surface area contributed by atoms with Crippen molar-refractivity contribution >= 4 is 17.1 Å². The summed E-state index contributed by atoms with van der Waals surface area (Å²) in [5.41, 5.74) is 1.76. The first-order valence-corrected chi connectivity index (χ1v) is 5.98. The largest absolute Gasteiger partial charge is 0.465 e. The number of carbonyl (C=O) groups excluding carboxylic acids is 1. The highest BCUT2D eigenvalue weighted by Crippen LogP contribution is 2.23. The first-order valence-electron chi connectivity index (χ1n) is 5.98. The van der Waals surface area contributed by atoms with E-state index in [0.717, 1.165) is 5.56 Å². The molecule has 6 nitrogen and oxygen atoms in total. The van der Waals surface area contributed by atoms with E-state index in [2.05, 4.69) is 4.98 Å². The van der Waals surface area contributed by atoms with E-state index < -0.39 is 11.8 Å². The molecule has 1 atom stereocenters. The fourth-order valence-corrected chi connectivity index (χ4v) is 2.00. The maximum Gasteiger partial charge on any atom is 0.417 e. The van der Waals surface area contributed by atoms with Crippen molar-refractivity contribution in [1.82, 2.24) is 9.88 Å². The number of nitrogens with one attached hydrogen (secondary N) is 1. The number of carbonyl (C=O) groups is 1. The highest BCUT2D eigenvalue weighted by molar-refractivity contribution is 5.80. The van der Waals surface area contributed by atoms with E-state index in [-0.39, 0.29) is 5.97 Å². The summed E-state index contributed by atoms with van der Waals surface area (Å²) >= 11 is 0. The van der Waals surface area contributed by atoms with Gasteiger partial charge in [-0.25, -0.2) is 9.59 Å². The highest BCUT2D eigenvalue weighted by atomic mass is 16.5. The van der Waals surface area contributed by atoms with Crippen LogP contribution in [0, 0.1) is 0 Å². The molecule has 0 aliphatic rings. The van der Waals surface area contributed by atoms with Gasteiger partial charge in [0.2, 0.25) is 0 Å². The Morgan fingerprint density at radius 2 is 2.21 bits per heavy atom. The summed E-state index contributed by atoms with van der Waals surface area (Å²) in [5, 5.41) is 0. The molecule has 102 valence electrons. The van der Waals surface area contributed by atoms with Crippen molar-refractivity contribution < 1.29 is 13.9 Å². The Kier molecular flexibility index (Phi) is 3.71. The Balaban J connectivity index is 2.43. The van der Waals surface area contributed by atoms with Gasteiger partial charge in [-0.1, -0.05) is 6.07 Å². The molecule has 1 aromatic carbocycles. The van der Waals surface area contributed by atoms with Crippen LogP contribution in [0.2, 0.25) is 0 Å². The quantitative estimate of drug-likeness (QED) is 0.842. The lowest BCUT2D eigenvalue weighted by molar-refractivity contribution is -0.148. The minimum atomic E-state index is -0.524.